The summed E-state index contributed by atoms with van der Waals surface area (Å²) in [5.41, 5.74) is 4.10. The zero-order valence-corrected chi connectivity index (χ0v) is 24.1. The van der Waals surface area contributed by atoms with Crippen LogP contribution in [0.25, 0.3) is 6.08 Å². The first-order valence-corrected chi connectivity index (χ1v) is 13.7. The standard InChI is InChI=1S/C30H28BrN3O3S/c1-19(2)17-34-29(35)28(38-30(34)33-24-11-9-20(3)10-12-24)14-23-13-26(36-4)27(15-25(23)31)37-18-22-8-6-5-7-21(22)16-32/h5-15,19H,17-18H2,1-4H3/b28-14+,33-30?. The van der Waals surface area contributed by atoms with Gasteiger partial charge >= 0.3 is 0 Å². The molecule has 38 heavy (non-hydrogen) atoms. The number of aliphatic imine (C=N–C) groups is 1. The molecule has 0 aliphatic carbocycles. The molecule has 0 atom stereocenters. The van der Waals surface area contributed by atoms with Crippen molar-refractivity contribution in [3.63, 3.8) is 0 Å². The Balaban J connectivity index is 1.62. The molecule has 1 heterocycles. The highest BCUT2D eigenvalue weighted by Crippen LogP contribution is 2.39. The number of ether oxygens (including phenoxy) is 2. The van der Waals surface area contributed by atoms with Crippen LogP contribution in [0.5, 0.6) is 11.5 Å². The van der Waals surface area contributed by atoms with Gasteiger partial charge in [-0.25, -0.2) is 4.99 Å². The Hall–Kier alpha value is -3.54. The zero-order chi connectivity index (χ0) is 27.2. The van der Waals surface area contributed by atoms with Crippen molar-refractivity contribution in [1.82, 2.24) is 4.90 Å². The first-order valence-electron chi connectivity index (χ1n) is 12.1. The predicted molar refractivity (Wildman–Crippen MR) is 157 cm³/mol. The fourth-order valence-electron chi connectivity index (χ4n) is 3.83. The third kappa shape index (κ3) is 6.47. The molecule has 0 bridgehead atoms. The van der Waals surface area contributed by atoms with Crippen molar-refractivity contribution in [2.45, 2.75) is 27.4 Å². The quantitative estimate of drug-likeness (QED) is 0.255. The molecule has 1 fully saturated rings. The number of hydrogen-bond acceptors (Lipinski definition) is 6. The summed E-state index contributed by atoms with van der Waals surface area (Å²) < 4.78 is 12.4. The molecule has 4 rings (SSSR count). The molecule has 1 aliphatic rings. The maximum Gasteiger partial charge on any atom is 0.266 e. The van der Waals surface area contributed by atoms with Crippen molar-refractivity contribution < 1.29 is 14.3 Å². The number of rotatable bonds is 8. The molecule has 3 aromatic rings. The molecule has 0 N–H and O–H groups in total. The molecule has 6 nitrogen and oxygen atoms in total. The van der Waals surface area contributed by atoms with Gasteiger partial charge in [-0.1, -0.05) is 65.7 Å². The highest BCUT2D eigenvalue weighted by molar-refractivity contribution is 9.10. The van der Waals surface area contributed by atoms with Gasteiger partial charge in [-0.3, -0.25) is 9.69 Å². The van der Waals surface area contributed by atoms with Crippen molar-refractivity contribution in [2.24, 2.45) is 10.9 Å². The number of nitrogens with zero attached hydrogens (tertiary/aromatic N) is 3. The Morgan fingerprint density at radius 3 is 2.55 bits per heavy atom. The topological polar surface area (TPSA) is 74.9 Å². The van der Waals surface area contributed by atoms with Crippen molar-refractivity contribution in [2.75, 3.05) is 13.7 Å². The molecule has 1 aliphatic heterocycles. The molecular weight excluding hydrogens is 562 g/mol. The second-order valence-electron chi connectivity index (χ2n) is 9.23. The van der Waals surface area contributed by atoms with E-state index in [1.165, 1.54) is 11.8 Å². The Bertz CT molecular complexity index is 1440. The first-order chi connectivity index (χ1) is 18.3. The highest BCUT2D eigenvalue weighted by atomic mass is 79.9. The van der Waals surface area contributed by atoms with Crippen LogP contribution in [0.1, 0.15) is 36.1 Å². The Kier molecular flexibility index (Phi) is 8.93. The van der Waals surface area contributed by atoms with Crippen molar-refractivity contribution >= 4 is 50.5 Å². The van der Waals surface area contributed by atoms with Gasteiger partial charge in [0.25, 0.3) is 5.91 Å². The van der Waals surface area contributed by atoms with Gasteiger partial charge in [0.1, 0.15) is 6.61 Å². The number of carbonyl (C=O) groups is 1. The lowest BCUT2D eigenvalue weighted by Gasteiger charge is -2.17. The molecule has 0 radical (unpaired) electrons. The normalized spacial score (nSPS) is 15.4. The zero-order valence-electron chi connectivity index (χ0n) is 21.7. The van der Waals surface area contributed by atoms with Gasteiger partial charge in [0, 0.05) is 16.6 Å². The average Bonchev–Trinajstić information content (AvgIpc) is 3.18. The summed E-state index contributed by atoms with van der Waals surface area (Å²) in [6.07, 6.45) is 1.85. The van der Waals surface area contributed by atoms with Crippen molar-refractivity contribution in [1.29, 1.82) is 5.26 Å². The lowest BCUT2D eigenvalue weighted by atomic mass is 10.1. The molecule has 0 spiro atoms. The third-order valence-electron chi connectivity index (χ3n) is 5.79. The summed E-state index contributed by atoms with van der Waals surface area (Å²) in [5, 5.41) is 10.0. The molecule has 1 amide bonds. The van der Waals surface area contributed by atoms with Gasteiger partial charge in [0.2, 0.25) is 0 Å². The summed E-state index contributed by atoms with van der Waals surface area (Å²) in [4.78, 5) is 20.5. The van der Waals surface area contributed by atoms with Gasteiger partial charge in [-0.05, 0) is 66.6 Å². The number of benzene rings is 3. The van der Waals surface area contributed by atoms with Crippen molar-refractivity contribution in [3.8, 4) is 17.6 Å². The number of thioether (sulfide) groups is 1. The van der Waals surface area contributed by atoms with Crippen LogP contribution in [-0.4, -0.2) is 29.6 Å². The number of aryl methyl sites for hydroxylation is 1. The lowest BCUT2D eigenvalue weighted by Crippen LogP contribution is -2.32. The van der Waals surface area contributed by atoms with E-state index in [-0.39, 0.29) is 18.4 Å². The largest absolute Gasteiger partial charge is 0.493 e. The summed E-state index contributed by atoms with van der Waals surface area (Å²) in [6.45, 7) is 7.00. The Labute approximate surface area is 236 Å². The van der Waals surface area contributed by atoms with E-state index in [4.69, 9.17) is 14.5 Å². The van der Waals surface area contributed by atoms with Crippen molar-refractivity contribution in [3.05, 3.63) is 92.3 Å². The molecule has 0 saturated carbocycles. The molecule has 8 heteroatoms. The third-order valence-corrected chi connectivity index (χ3v) is 7.48. The van der Waals surface area contributed by atoms with Gasteiger partial charge in [-0.15, -0.1) is 0 Å². The molecule has 1 saturated heterocycles. The van der Waals surface area contributed by atoms with Gasteiger partial charge < -0.3 is 9.47 Å². The van der Waals surface area contributed by atoms with E-state index >= 15 is 0 Å². The number of amidine groups is 1. The molecule has 3 aromatic carbocycles. The van der Waals surface area contributed by atoms with Crippen LogP contribution in [0.15, 0.2) is 75.0 Å². The van der Waals surface area contributed by atoms with E-state index in [2.05, 4.69) is 35.8 Å². The highest BCUT2D eigenvalue weighted by Gasteiger charge is 2.34. The minimum Gasteiger partial charge on any atom is -0.493 e. The fraction of sp³-hybridized carbons (Fsp3) is 0.233. The molecular formula is C30H28BrN3O3S. The smallest absolute Gasteiger partial charge is 0.266 e. The number of hydrogen-bond donors (Lipinski definition) is 0. The Morgan fingerprint density at radius 2 is 1.87 bits per heavy atom. The first kappa shape index (κ1) is 27.5. The summed E-state index contributed by atoms with van der Waals surface area (Å²) in [5.74, 6) is 1.27. The summed E-state index contributed by atoms with van der Waals surface area (Å²) in [6, 6.07) is 21.1. The number of amides is 1. The number of nitriles is 1. The van der Waals surface area contributed by atoms with Crippen LogP contribution in [0.2, 0.25) is 0 Å². The van der Waals surface area contributed by atoms with Crippen LogP contribution in [0.3, 0.4) is 0 Å². The summed E-state index contributed by atoms with van der Waals surface area (Å²) in [7, 11) is 1.57. The number of halogens is 1. The minimum absolute atomic E-state index is 0.0751. The van der Waals surface area contributed by atoms with E-state index in [1.54, 1.807) is 18.1 Å². The monoisotopic (exact) mass is 589 g/mol. The molecule has 194 valence electrons. The van der Waals surface area contributed by atoms with Crippen LogP contribution < -0.4 is 9.47 Å². The van der Waals surface area contributed by atoms with Crippen LogP contribution >= 0.6 is 27.7 Å². The van der Waals surface area contributed by atoms with E-state index in [0.29, 0.717) is 33.7 Å². The molecule has 0 aromatic heterocycles. The maximum atomic E-state index is 13.4. The second-order valence-corrected chi connectivity index (χ2v) is 11.1. The lowest BCUT2D eigenvalue weighted by molar-refractivity contribution is -0.122. The van der Waals surface area contributed by atoms with Crippen LogP contribution in [0, 0.1) is 24.2 Å². The van der Waals surface area contributed by atoms with E-state index in [0.717, 1.165) is 26.9 Å². The fourth-order valence-corrected chi connectivity index (χ4v) is 5.27. The number of carbonyl (C=O) groups excluding carboxylic acids is 1. The maximum absolute atomic E-state index is 13.4. The summed E-state index contributed by atoms with van der Waals surface area (Å²) >= 11 is 4.99. The van der Waals surface area contributed by atoms with E-state index < -0.39 is 0 Å². The van der Waals surface area contributed by atoms with Gasteiger partial charge in [0.15, 0.2) is 16.7 Å². The Morgan fingerprint density at radius 1 is 1.13 bits per heavy atom. The number of methoxy groups -OCH3 is 1. The average molecular weight is 591 g/mol. The minimum atomic E-state index is -0.0751. The van der Waals surface area contributed by atoms with E-state index in [1.807, 2.05) is 67.6 Å². The van der Waals surface area contributed by atoms with E-state index in [9.17, 15) is 10.1 Å². The van der Waals surface area contributed by atoms with Crippen LogP contribution in [0.4, 0.5) is 5.69 Å². The SMILES string of the molecule is COc1cc(/C=C2/SC(=Nc3ccc(C)cc3)N(CC(C)C)C2=O)c(Br)cc1OCc1ccccc1C#N. The van der Waals surface area contributed by atoms with Crippen LogP contribution in [-0.2, 0) is 11.4 Å². The van der Waals surface area contributed by atoms with Gasteiger partial charge in [0.05, 0.1) is 29.3 Å². The predicted octanol–water partition coefficient (Wildman–Crippen LogP) is 7.48. The second kappa shape index (κ2) is 12.3. The van der Waals surface area contributed by atoms with Gasteiger partial charge in [-0.2, -0.15) is 5.26 Å². The molecule has 0 unspecified atom stereocenters.